The molecule has 1 aromatic carbocycles. The average molecular weight is 335 g/mol. The van der Waals surface area contributed by atoms with Gasteiger partial charge in [0.2, 0.25) is 5.13 Å². The van der Waals surface area contributed by atoms with Crippen molar-refractivity contribution in [3.05, 3.63) is 34.3 Å². The molecular formula is C11H11F2N3O3S2. The molecular weight excluding hydrogens is 324 g/mol. The molecule has 0 amide bonds. The summed E-state index contributed by atoms with van der Waals surface area (Å²) in [7, 11) is -4.28. The first-order chi connectivity index (χ1) is 9.89. The zero-order chi connectivity index (χ0) is 15.6. The van der Waals surface area contributed by atoms with E-state index in [0.29, 0.717) is 11.4 Å². The molecule has 0 spiro atoms. The fourth-order valence-electron chi connectivity index (χ4n) is 1.54. The fourth-order valence-corrected chi connectivity index (χ4v) is 3.55. The van der Waals surface area contributed by atoms with Crippen LogP contribution in [0.15, 0.2) is 17.0 Å². The van der Waals surface area contributed by atoms with Gasteiger partial charge in [0.1, 0.15) is 15.7 Å². The molecule has 1 aromatic heterocycles. The second-order valence-corrected chi connectivity index (χ2v) is 6.67. The standard InChI is InChI=1S/C11H11F2N3O3S2/c1-2-9-14-15-11(20-9)16-21(18,19)8-4-3-7(12)6(5-17)10(8)13/h3-4,17H,2,5H2,1H3,(H,15,16). The number of aliphatic hydroxyl groups excluding tert-OH is 1. The summed E-state index contributed by atoms with van der Waals surface area (Å²) in [5, 5.41) is 16.9. The van der Waals surface area contributed by atoms with E-state index in [1.807, 2.05) is 6.92 Å². The van der Waals surface area contributed by atoms with E-state index in [-0.39, 0.29) is 5.13 Å². The lowest BCUT2D eigenvalue weighted by Crippen LogP contribution is -2.16. The maximum Gasteiger partial charge on any atom is 0.266 e. The van der Waals surface area contributed by atoms with Gasteiger partial charge >= 0.3 is 0 Å². The van der Waals surface area contributed by atoms with Crippen LogP contribution in [0, 0.1) is 11.6 Å². The van der Waals surface area contributed by atoms with E-state index in [0.717, 1.165) is 23.5 Å². The number of benzene rings is 1. The Labute approximate surface area is 123 Å². The molecule has 21 heavy (non-hydrogen) atoms. The lowest BCUT2D eigenvalue weighted by atomic mass is 10.2. The Morgan fingerprint density at radius 2 is 2.05 bits per heavy atom. The van der Waals surface area contributed by atoms with Gasteiger partial charge in [0, 0.05) is 0 Å². The second-order valence-electron chi connectivity index (χ2n) is 3.96. The monoisotopic (exact) mass is 335 g/mol. The zero-order valence-electron chi connectivity index (χ0n) is 10.8. The molecule has 0 aliphatic carbocycles. The summed E-state index contributed by atoms with van der Waals surface area (Å²) >= 11 is 1.01. The summed E-state index contributed by atoms with van der Waals surface area (Å²) in [6.07, 6.45) is 0.582. The molecule has 0 atom stereocenters. The molecule has 0 aliphatic heterocycles. The molecule has 0 bridgehead atoms. The number of sulfonamides is 1. The van der Waals surface area contributed by atoms with Crippen LogP contribution in [-0.2, 0) is 23.1 Å². The molecule has 0 saturated carbocycles. The van der Waals surface area contributed by atoms with Crippen LogP contribution in [0.4, 0.5) is 13.9 Å². The quantitative estimate of drug-likeness (QED) is 0.867. The molecule has 2 rings (SSSR count). The average Bonchev–Trinajstić information content (AvgIpc) is 2.85. The molecule has 6 nitrogen and oxygen atoms in total. The van der Waals surface area contributed by atoms with E-state index in [9.17, 15) is 17.2 Å². The molecule has 0 unspecified atom stereocenters. The van der Waals surface area contributed by atoms with Crippen LogP contribution in [-0.4, -0.2) is 23.7 Å². The van der Waals surface area contributed by atoms with Crippen LogP contribution >= 0.6 is 11.3 Å². The Morgan fingerprint density at radius 3 is 2.62 bits per heavy atom. The molecule has 1 heterocycles. The van der Waals surface area contributed by atoms with Gasteiger partial charge in [-0.1, -0.05) is 18.3 Å². The SMILES string of the molecule is CCc1nnc(NS(=O)(=O)c2ccc(F)c(CO)c2F)s1. The van der Waals surface area contributed by atoms with E-state index in [1.165, 1.54) is 0 Å². The summed E-state index contributed by atoms with van der Waals surface area (Å²) in [5.74, 6) is -2.34. The molecule has 2 N–H and O–H groups in total. The number of nitrogens with one attached hydrogen (secondary N) is 1. The maximum absolute atomic E-state index is 14.0. The zero-order valence-corrected chi connectivity index (χ0v) is 12.4. The van der Waals surface area contributed by atoms with Crippen LogP contribution in [0.25, 0.3) is 0 Å². The smallest absolute Gasteiger partial charge is 0.266 e. The highest BCUT2D eigenvalue weighted by Crippen LogP contribution is 2.24. The number of nitrogens with zero attached hydrogens (tertiary/aromatic N) is 2. The Kier molecular flexibility index (Phi) is 4.49. The highest BCUT2D eigenvalue weighted by Gasteiger charge is 2.24. The minimum Gasteiger partial charge on any atom is -0.391 e. The summed E-state index contributed by atoms with van der Waals surface area (Å²) in [6, 6.07) is 1.56. The van der Waals surface area contributed by atoms with Gasteiger partial charge in [-0.05, 0) is 18.6 Å². The normalized spacial score (nSPS) is 11.6. The molecule has 0 radical (unpaired) electrons. The number of anilines is 1. The van der Waals surface area contributed by atoms with Crippen molar-refractivity contribution in [2.75, 3.05) is 4.72 Å². The van der Waals surface area contributed by atoms with Crippen LogP contribution < -0.4 is 4.72 Å². The molecule has 0 fully saturated rings. The summed E-state index contributed by atoms with van der Waals surface area (Å²) < 4.78 is 53.5. The Hall–Kier alpha value is -1.65. The van der Waals surface area contributed by atoms with Gasteiger partial charge in [-0.25, -0.2) is 17.2 Å². The number of aliphatic hydroxyl groups is 1. The highest BCUT2D eigenvalue weighted by atomic mass is 32.2. The van der Waals surface area contributed by atoms with Crippen LogP contribution in [0.1, 0.15) is 17.5 Å². The Balaban J connectivity index is 2.40. The maximum atomic E-state index is 14.0. The Morgan fingerprint density at radius 1 is 1.33 bits per heavy atom. The van der Waals surface area contributed by atoms with Crippen molar-refractivity contribution in [2.24, 2.45) is 0 Å². The molecule has 2 aromatic rings. The second kappa shape index (κ2) is 6.00. The van der Waals surface area contributed by atoms with Crippen molar-refractivity contribution in [1.82, 2.24) is 10.2 Å². The van der Waals surface area contributed by atoms with E-state index in [2.05, 4.69) is 14.9 Å². The lowest BCUT2D eigenvalue weighted by Gasteiger charge is -2.09. The van der Waals surface area contributed by atoms with Crippen LogP contribution in [0.5, 0.6) is 0 Å². The topological polar surface area (TPSA) is 92.2 Å². The molecule has 114 valence electrons. The number of halogens is 2. The number of rotatable bonds is 5. The van der Waals surface area contributed by atoms with Crippen molar-refractivity contribution in [3.8, 4) is 0 Å². The third-order valence-corrected chi connectivity index (χ3v) is 5.06. The van der Waals surface area contributed by atoms with Gasteiger partial charge in [0.15, 0.2) is 5.82 Å². The van der Waals surface area contributed by atoms with Crippen LogP contribution in [0.3, 0.4) is 0 Å². The minimum atomic E-state index is -4.28. The fraction of sp³-hybridized carbons (Fsp3) is 0.273. The minimum absolute atomic E-state index is 0.0128. The van der Waals surface area contributed by atoms with Crippen molar-refractivity contribution >= 4 is 26.5 Å². The van der Waals surface area contributed by atoms with E-state index in [1.54, 1.807) is 0 Å². The predicted molar refractivity (Wildman–Crippen MR) is 72.4 cm³/mol. The molecule has 0 aliphatic rings. The lowest BCUT2D eigenvalue weighted by molar-refractivity contribution is 0.267. The number of aryl methyl sites for hydroxylation is 1. The summed E-state index contributed by atoms with van der Waals surface area (Å²) in [6.45, 7) is 0.881. The van der Waals surface area contributed by atoms with Gasteiger partial charge in [-0.2, -0.15) is 0 Å². The number of hydrogen-bond acceptors (Lipinski definition) is 6. The number of hydrogen-bond donors (Lipinski definition) is 2. The largest absolute Gasteiger partial charge is 0.391 e. The summed E-state index contributed by atoms with van der Waals surface area (Å²) in [4.78, 5) is -0.763. The number of aromatic nitrogens is 2. The van der Waals surface area contributed by atoms with Crippen molar-refractivity contribution < 1.29 is 22.3 Å². The van der Waals surface area contributed by atoms with Gasteiger partial charge in [0.05, 0.1) is 12.2 Å². The highest BCUT2D eigenvalue weighted by molar-refractivity contribution is 7.93. The van der Waals surface area contributed by atoms with E-state index >= 15 is 0 Å². The first-order valence-electron chi connectivity index (χ1n) is 5.82. The van der Waals surface area contributed by atoms with E-state index < -0.39 is 38.7 Å². The van der Waals surface area contributed by atoms with Gasteiger partial charge < -0.3 is 5.11 Å². The van der Waals surface area contributed by atoms with Crippen LogP contribution in [0.2, 0.25) is 0 Å². The third-order valence-electron chi connectivity index (χ3n) is 2.59. The van der Waals surface area contributed by atoms with Gasteiger partial charge in [0.25, 0.3) is 10.0 Å². The van der Waals surface area contributed by atoms with E-state index in [4.69, 9.17) is 5.11 Å². The van der Waals surface area contributed by atoms with Crippen molar-refractivity contribution in [1.29, 1.82) is 0 Å². The molecule has 10 heteroatoms. The predicted octanol–water partition coefficient (Wildman–Crippen LogP) is 1.67. The van der Waals surface area contributed by atoms with Crippen molar-refractivity contribution in [2.45, 2.75) is 24.8 Å². The van der Waals surface area contributed by atoms with Crippen molar-refractivity contribution in [3.63, 3.8) is 0 Å². The summed E-state index contributed by atoms with van der Waals surface area (Å²) in [5.41, 5.74) is -0.704. The Bertz CT molecular complexity index is 762. The van der Waals surface area contributed by atoms with Gasteiger partial charge in [-0.15, -0.1) is 10.2 Å². The third kappa shape index (κ3) is 3.17. The molecule has 0 saturated heterocycles. The first-order valence-corrected chi connectivity index (χ1v) is 8.12. The first kappa shape index (κ1) is 15.7. The van der Waals surface area contributed by atoms with Gasteiger partial charge in [-0.3, -0.25) is 4.72 Å².